The Labute approximate surface area is 319 Å². The van der Waals surface area contributed by atoms with E-state index in [2.05, 4.69) is 54.8 Å². The van der Waals surface area contributed by atoms with Gasteiger partial charge in [0.1, 0.15) is 6.61 Å². The Morgan fingerprint density at radius 2 is 0.923 bits per heavy atom. The molecule has 0 radical (unpaired) electrons. The van der Waals surface area contributed by atoms with E-state index in [0.29, 0.717) is 6.42 Å². The number of carbonyl (C=O) groups is 2. The van der Waals surface area contributed by atoms with Gasteiger partial charge in [-0.05, 0) is 70.6 Å². The predicted octanol–water partition coefficient (Wildman–Crippen LogP) is 13.2. The molecule has 0 aromatic heterocycles. The van der Waals surface area contributed by atoms with Crippen LogP contribution in [0.1, 0.15) is 200 Å². The first-order valence-corrected chi connectivity index (χ1v) is 22.7. The van der Waals surface area contributed by atoms with E-state index in [9.17, 15) is 19.0 Å². The molecule has 0 saturated carbocycles. The van der Waals surface area contributed by atoms with Crippen molar-refractivity contribution in [2.45, 2.75) is 206 Å². The highest BCUT2D eigenvalue weighted by Crippen LogP contribution is 2.42. The van der Waals surface area contributed by atoms with E-state index in [1.807, 2.05) is 0 Å². The van der Waals surface area contributed by atoms with Crippen molar-refractivity contribution >= 4 is 19.8 Å². The molecule has 1 N–H and O–H groups in total. The largest absolute Gasteiger partial charge is 0.472 e. The third kappa shape index (κ3) is 38.0. The van der Waals surface area contributed by atoms with Crippen LogP contribution in [0, 0.1) is 0 Å². The minimum atomic E-state index is -4.26. The van der Waals surface area contributed by atoms with Crippen LogP contribution in [0.4, 0.5) is 0 Å². The lowest BCUT2D eigenvalue weighted by Crippen LogP contribution is -2.29. The maximum atomic E-state index is 12.5. The number of hydrogen-bond acceptors (Lipinski definition) is 7. The van der Waals surface area contributed by atoms with Crippen LogP contribution in [-0.2, 0) is 32.7 Å². The topological polar surface area (TPSA) is 108 Å². The van der Waals surface area contributed by atoms with Crippen LogP contribution in [0.2, 0.25) is 0 Å². The third-order valence-corrected chi connectivity index (χ3v) is 10.0. The number of rotatable bonds is 39. The fourth-order valence-corrected chi connectivity index (χ4v) is 6.26. The van der Waals surface area contributed by atoms with E-state index < -0.39 is 26.5 Å². The lowest BCUT2D eigenvalue weighted by molar-refractivity contribution is -0.161. The molecule has 0 spiro atoms. The van der Waals surface area contributed by atoms with Crippen molar-refractivity contribution in [3.63, 3.8) is 0 Å². The van der Waals surface area contributed by atoms with E-state index in [-0.39, 0.29) is 25.4 Å². The van der Waals surface area contributed by atoms with Crippen molar-refractivity contribution in [2.24, 2.45) is 0 Å². The number of phosphoric ester groups is 1. The normalized spacial score (nSPS) is 13.7. The van der Waals surface area contributed by atoms with Gasteiger partial charge < -0.3 is 14.4 Å². The zero-order valence-electron chi connectivity index (χ0n) is 33.7. The average molecular weight is 755 g/mol. The summed E-state index contributed by atoms with van der Waals surface area (Å²) in [6.45, 7) is 3.84. The second kappa shape index (κ2) is 39.0. The number of allylic oxidation sites excluding steroid dienone is 6. The summed E-state index contributed by atoms with van der Waals surface area (Å²) in [4.78, 5) is 34.4. The molecular formula is C43H79O8P. The van der Waals surface area contributed by atoms with Crippen LogP contribution in [0.15, 0.2) is 36.5 Å². The Hall–Kier alpha value is -1.73. The van der Waals surface area contributed by atoms with Crippen LogP contribution in [0.3, 0.4) is 0 Å². The molecule has 2 atom stereocenters. The summed E-state index contributed by atoms with van der Waals surface area (Å²) in [5.74, 6) is -0.817. The van der Waals surface area contributed by atoms with Crippen molar-refractivity contribution < 1.29 is 37.6 Å². The first-order chi connectivity index (χ1) is 25.3. The van der Waals surface area contributed by atoms with E-state index in [4.69, 9.17) is 14.0 Å². The molecule has 0 bridgehead atoms. The van der Waals surface area contributed by atoms with E-state index >= 15 is 0 Å². The molecule has 0 aromatic carbocycles. The molecule has 0 amide bonds. The zero-order chi connectivity index (χ0) is 38.2. The van der Waals surface area contributed by atoms with Crippen LogP contribution >= 0.6 is 7.82 Å². The maximum absolute atomic E-state index is 12.5. The average Bonchev–Trinajstić information content (AvgIpc) is 3.13. The number of unbranched alkanes of at least 4 members (excludes halogenated alkanes) is 22. The summed E-state index contributed by atoms with van der Waals surface area (Å²) >= 11 is 0. The van der Waals surface area contributed by atoms with Gasteiger partial charge in [-0.15, -0.1) is 0 Å². The van der Waals surface area contributed by atoms with Crippen molar-refractivity contribution in [2.75, 3.05) is 20.3 Å². The fraction of sp³-hybridized carbons (Fsp3) is 0.814. The van der Waals surface area contributed by atoms with Crippen molar-refractivity contribution in [3.05, 3.63) is 36.5 Å². The molecule has 0 rings (SSSR count). The molecule has 0 saturated heterocycles. The summed E-state index contributed by atoms with van der Waals surface area (Å²) in [6.07, 6.45) is 44.8. The highest BCUT2D eigenvalue weighted by molar-refractivity contribution is 7.47. The quantitative estimate of drug-likeness (QED) is 0.0286. The van der Waals surface area contributed by atoms with Gasteiger partial charge in [-0.2, -0.15) is 0 Å². The number of ether oxygens (including phenoxy) is 2. The minimum absolute atomic E-state index is 0.230. The summed E-state index contributed by atoms with van der Waals surface area (Å²) in [5.41, 5.74) is 0. The van der Waals surface area contributed by atoms with Crippen LogP contribution in [0.25, 0.3) is 0 Å². The van der Waals surface area contributed by atoms with Crippen LogP contribution in [-0.4, -0.2) is 43.3 Å². The Morgan fingerprint density at radius 1 is 0.538 bits per heavy atom. The molecule has 0 aliphatic heterocycles. The van der Waals surface area contributed by atoms with Gasteiger partial charge in [0, 0.05) is 20.0 Å². The second-order valence-corrected chi connectivity index (χ2v) is 15.7. The van der Waals surface area contributed by atoms with Gasteiger partial charge in [-0.25, -0.2) is 4.57 Å². The molecule has 0 aliphatic carbocycles. The standard InChI is InChI=1S/C43H79O8P/c1-4-6-8-10-12-14-16-18-19-20-21-22-23-24-25-26-28-30-32-34-36-38-43(45)51-41(40-50-52(46,47)48-3)39-49-42(44)37-35-33-31-29-27-17-15-13-11-9-7-5-2/h13,15-16,18,20-21,41H,4-12,14,17,19,22-40H2,1-3H3,(H,46,47)/b15-13-,18-16-,21-20-. The summed E-state index contributed by atoms with van der Waals surface area (Å²) in [6, 6.07) is 0. The first-order valence-electron chi connectivity index (χ1n) is 21.2. The molecular weight excluding hydrogens is 675 g/mol. The molecule has 52 heavy (non-hydrogen) atoms. The molecule has 304 valence electrons. The second-order valence-electron chi connectivity index (χ2n) is 14.1. The molecule has 0 heterocycles. The Bertz CT molecular complexity index is 947. The Kier molecular flexibility index (Phi) is 37.7. The highest BCUT2D eigenvalue weighted by atomic mass is 31.2. The molecule has 0 aromatic rings. The predicted molar refractivity (Wildman–Crippen MR) is 216 cm³/mol. The lowest BCUT2D eigenvalue weighted by Gasteiger charge is -2.19. The van der Waals surface area contributed by atoms with Gasteiger partial charge in [-0.1, -0.05) is 153 Å². The van der Waals surface area contributed by atoms with Gasteiger partial charge >= 0.3 is 19.8 Å². The molecule has 8 nitrogen and oxygen atoms in total. The third-order valence-electron chi connectivity index (χ3n) is 9.11. The SMILES string of the molecule is CCCCC/C=C\CCCCCCCC(=O)OCC(COP(=O)(O)OC)OC(=O)CCCCCCCCCCC/C=C\C/C=C\CCCCCCC. The van der Waals surface area contributed by atoms with Gasteiger partial charge in [0.2, 0.25) is 0 Å². The number of carbonyl (C=O) groups excluding carboxylic acids is 2. The maximum Gasteiger partial charge on any atom is 0.472 e. The highest BCUT2D eigenvalue weighted by Gasteiger charge is 2.24. The van der Waals surface area contributed by atoms with E-state index in [1.54, 1.807) is 0 Å². The van der Waals surface area contributed by atoms with Gasteiger partial charge in [0.05, 0.1) is 6.61 Å². The molecule has 0 aliphatic rings. The van der Waals surface area contributed by atoms with Crippen molar-refractivity contribution in [3.8, 4) is 0 Å². The fourth-order valence-electron chi connectivity index (χ4n) is 5.80. The number of phosphoric acid groups is 1. The first kappa shape index (κ1) is 50.3. The smallest absolute Gasteiger partial charge is 0.462 e. The van der Waals surface area contributed by atoms with Gasteiger partial charge in [0.15, 0.2) is 6.10 Å². The van der Waals surface area contributed by atoms with E-state index in [0.717, 1.165) is 71.3 Å². The Balaban J connectivity index is 3.98. The number of esters is 2. The molecule has 9 heteroatoms. The Morgan fingerprint density at radius 3 is 1.40 bits per heavy atom. The monoisotopic (exact) mass is 755 g/mol. The van der Waals surface area contributed by atoms with Gasteiger partial charge in [-0.3, -0.25) is 18.6 Å². The summed E-state index contributed by atoms with van der Waals surface area (Å²) in [5, 5.41) is 0. The lowest BCUT2D eigenvalue weighted by atomic mass is 10.1. The van der Waals surface area contributed by atoms with Gasteiger partial charge in [0.25, 0.3) is 0 Å². The molecule has 2 unspecified atom stereocenters. The van der Waals surface area contributed by atoms with E-state index in [1.165, 1.54) is 103 Å². The van der Waals surface area contributed by atoms with Crippen LogP contribution < -0.4 is 0 Å². The summed E-state index contributed by atoms with van der Waals surface area (Å²) in [7, 11) is -3.20. The summed E-state index contributed by atoms with van der Waals surface area (Å²) < 4.78 is 31.9. The van der Waals surface area contributed by atoms with Crippen LogP contribution in [0.5, 0.6) is 0 Å². The molecule has 0 fully saturated rings. The number of hydrogen-bond donors (Lipinski definition) is 1. The minimum Gasteiger partial charge on any atom is -0.462 e. The van der Waals surface area contributed by atoms with Crippen molar-refractivity contribution in [1.82, 2.24) is 0 Å². The van der Waals surface area contributed by atoms with Crippen molar-refractivity contribution in [1.29, 1.82) is 0 Å². The zero-order valence-corrected chi connectivity index (χ0v) is 34.6.